The Morgan fingerprint density at radius 3 is 2.78 bits per heavy atom. The van der Waals surface area contributed by atoms with Gasteiger partial charge in [-0.05, 0) is 17.7 Å². The summed E-state index contributed by atoms with van der Waals surface area (Å²) in [6.45, 7) is 0.199. The Balaban J connectivity index is 1.56. The number of nitrogens with zero attached hydrogens (tertiary/aromatic N) is 2. The van der Waals surface area contributed by atoms with Crippen molar-refractivity contribution in [3.05, 3.63) is 41.6 Å². The van der Waals surface area contributed by atoms with Crippen LogP contribution in [0, 0.1) is 0 Å². The molecule has 0 saturated heterocycles. The van der Waals surface area contributed by atoms with E-state index in [1.807, 2.05) is 12.1 Å². The van der Waals surface area contributed by atoms with Gasteiger partial charge in [0.15, 0.2) is 17.3 Å². The first kappa shape index (κ1) is 15.7. The standard InChI is InChI=1S/C14H11F3N2O3S/c15-9(13(16)17)3-4-23-14-19-18-12(22-14)6-8-1-2-10-11(5-8)21-7-20-10/h1-2,5H,3-4,6-7H2. The first-order chi connectivity index (χ1) is 11.1. The van der Waals surface area contributed by atoms with Crippen LogP contribution in [0.25, 0.3) is 0 Å². The van der Waals surface area contributed by atoms with Crippen molar-refractivity contribution in [2.75, 3.05) is 12.5 Å². The van der Waals surface area contributed by atoms with Crippen molar-refractivity contribution in [2.24, 2.45) is 0 Å². The van der Waals surface area contributed by atoms with Gasteiger partial charge in [0.25, 0.3) is 5.22 Å². The zero-order chi connectivity index (χ0) is 16.2. The van der Waals surface area contributed by atoms with Crippen LogP contribution in [0.1, 0.15) is 17.9 Å². The number of hydrogen-bond acceptors (Lipinski definition) is 6. The SMILES string of the molecule is FC(F)=C(F)CCSc1nnc(Cc2ccc3c(c2)OCO3)o1. The van der Waals surface area contributed by atoms with E-state index in [9.17, 15) is 13.2 Å². The fraction of sp³-hybridized carbons (Fsp3) is 0.286. The second kappa shape index (κ2) is 6.95. The lowest BCUT2D eigenvalue weighted by atomic mass is 10.1. The molecule has 5 nitrogen and oxygen atoms in total. The van der Waals surface area contributed by atoms with E-state index in [1.54, 1.807) is 6.07 Å². The molecule has 0 unspecified atom stereocenters. The van der Waals surface area contributed by atoms with Crippen LogP contribution < -0.4 is 9.47 Å². The Morgan fingerprint density at radius 1 is 1.13 bits per heavy atom. The first-order valence-electron chi connectivity index (χ1n) is 6.65. The second-order valence-electron chi connectivity index (χ2n) is 4.59. The fourth-order valence-electron chi connectivity index (χ4n) is 1.92. The van der Waals surface area contributed by atoms with Gasteiger partial charge in [0.1, 0.15) is 0 Å². The smallest absolute Gasteiger partial charge is 0.301 e. The molecule has 0 fully saturated rings. The summed E-state index contributed by atoms with van der Waals surface area (Å²) < 4.78 is 52.4. The summed E-state index contributed by atoms with van der Waals surface area (Å²) in [5.74, 6) is 0.393. The highest BCUT2D eigenvalue weighted by atomic mass is 32.2. The van der Waals surface area contributed by atoms with Crippen molar-refractivity contribution in [3.8, 4) is 11.5 Å². The molecular weight excluding hydrogens is 333 g/mol. The van der Waals surface area contributed by atoms with E-state index in [0.29, 0.717) is 23.8 Å². The maximum absolute atomic E-state index is 12.7. The Morgan fingerprint density at radius 2 is 1.96 bits per heavy atom. The van der Waals surface area contributed by atoms with Crippen LogP contribution in [0.15, 0.2) is 39.7 Å². The number of hydrogen-bond donors (Lipinski definition) is 0. The molecule has 3 rings (SSSR count). The van der Waals surface area contributed by atoms with Gasteiger partial charge >= 0.3 is 6.08 Å². The second-order valence-corrected chi connectivity index (χ2v) is 5.64. The van der Waals surface area contributed by atoms with E-state index in [0.717, 1.165) is 17.3 Å². The van der Waals surface area contributed by atoms with Gasteiger partial charge in [-0.25, -0.2) is 4.39 Å². The van der Waals surface area contributed by atoms with Crippen LogP contribution in [0.4, 0.5) is 13.2 Å². The maximum atomic E-state index is 12.7. The molecule has 1 aliphatic rings. The highest BCUT2D eigenvalue weighted by Crippen LogP contribution is 2.33. The summed E-state index contributed by atoms with van der Waals surface area (Å²) in [6.07, 6.45) is -2.27. The molecule has 0 spiro atoms. The number of ether oxygens (including phenoxy) is 2. The molecule has 0 atom stereocenters. The molecule has 122 valence electrons. The number of thioether (sulfide) groups is 1. The lowest BCUT2D eigenvalue weighted by Crippen LogP contribution is -1.93. The molecular formula is C14H11F3N2O3S. The topological polar surface area (TPSA) is 57.4 Å². The third-order valence-corrected chi connectivity index (χ3v) is 3.81. The zero-order valence-electron chi connectivity index (χ0n) is 11.7. The van der Waals surface area contributed by atoms with Gasteiger partial charge in [-0.2, -0.15) is 8.78 Å². The van der Waals surface area contributed by atoms with Gasteiger partial charge in [-0.1, -0.05) is 17.8 Å². The number of fused-ring (bicyclic) bond motifs is 1. The van der Waals surface area contributed by atoms with Crippen molar-refractivity contribution in [1.82, 2.24) is 10.2 Å². The molecule has 2 aromatic rings. The number of halogens is 3. The average molecular weight is 344 g/mol. The summed E-state index contributed by atoms with van der Waals surface area (Å²) in [5.41, 5.74) is 0.905. The first-order valence-corrected chi connectivity index (χ1v) is 7.64. The molecule has 0 N–H and O–H groups in total. The number of aromatic nitrogens is 2. The monoisotopic (exact) mass is 344 g/mol. The minimum atomic E-state index is -2.29. The van der Waals surface area contributed by atoms with Crippen molar-refractivity contribution < 1.29 is 27.1 Å². The lowest BCUT2D eigenvalue weighted by molar-refractivity contribution is 0.174. The zero-order valence-corrected chi connectivity index (χ0v) is 12.5. The van der Waals surface area contributed by atoms with Gasteiger partial charge in [0.05, 0.1) is 6.42 Å². The molecule has 23 heavy (non-hydrogen) atoms. The minimum Gasteiger partial charge on any atom is -0.454 e. The summed E-state index contributed by atoms with van der Waals surface area (Å²) in [4.78, 5) is 0. The van der Waals surface area contributed by atoms with Gasteiger partial charge in [-0.3, -0.25) is 0 Å². The van der Waals surface area contributed by atoms with E-state index < -0.39 is 11.9 Å². The fourth-order valence-corrected chi connectivity index (χ4v) is 2.63. The third-order valence-electron chi connectivity index (χ3n) is 2.99. The van der Waals surface area contributed by atoms with E-state index in [2.05, 4.69) is 10.2 Å². The Hall–Kier alpha value is -2.16. The van der Waals surface area contributed by atoms with E-state index in [1.165, 1.54) is 0 Å². The van der Waals surface area contributed by atoms with Crippen molar-refractivity contribution >= 4 is 11.8 Å². The molecule has 0 saturated carbocycles. The van der Waals surface area contributed by atoms with Crippen LogP contribution in [-0.2, 0) is 6.42 Å². The van der Waals surface area contributed by atoms with Crippen LogP contribution in [0.2, 0.25) is 0 Å². The number of allylic oxidation sites excluding steroid dienone is 1. The highest BCUT2D eigenvalue weighted by molar-refractivity contribution is 7.99. The van der Waals surface area contributed by atoms with Crippen molar-refractivity contribution in [2.45, 2.75) is 18.1 Å². The van der Waals surface area contributed by atoms with Crippen molar-refractivity contribution in [3.63, 3.8) is 0 Å². The van der Waals surface area contributed by atoms with Crippen LogP contribution in [0.5, 0.6) is 11.5 Å². The Labute approximate surface area is 133 Å². The Bertz CT molecular complexity index is 732. The molecule has 9 heteroatoms. The van der Waals surface area contributed by atoms with Crippen LogP contribution >= 0.6 is 11.8 Å². The molecule has 0 radical (unpaired) electrons. The normalized spacial score (nSPS) is 12.5. The molecule has 1 aromatic heterocycles. The average Bonchev–Trinajstić information content (AvgIpc) is 3.16. The minimum absolute atomic E-state index is 0.0921. The highest BCUT2D eigenvalue weighted by Gasteiger charge is 2.15. The predicted octanol–water partition coefficient (Wildman–Crippen LogP) is 3.95. The quantitative estimate of drug-likeness (QED) is 0.740. The largest absolute Gasteiger partial charge is 0.454 e. The molecule has 0 aliphatic carbocycles. The molecule has 2 heterocycles. The van der Waals surface area contributed by atoms with Gasteiger partial charge < -0.3 is 13.9 Å². The number of rotatable bonds is 6. The summed E-state index contributed by atoms with van der Waals surface area (Å²) in [5, 5.41) is 7.88. The van der Waals surface area contributed by atoms with E-state index >= 15 is 0 Å². The lowest BCUT2D eigenvalue weighted by Gasteiger charge is -1.99. The predicted molar refractivity (Wildman–Crippen MR) is 75.4 cm³/mol. The van der Waals surface area contributed by atoms with Gasteiger partial charge in [0.2, 0.25) is 12.7 Å². The number of benzene rings is 1. The van der Waals surface area contributed by atoms with E-state index in [-0.39, 0.29) is 24.2 Å². The van der Waals surface area contributed by atoms with E-state index in [4.69, 9.17) is 13.9 Å². The van der Waals surface area contributed by atoms with Gasteiger partial charge in [-0.15, -0.1) is 10.2 Å². The van der Waals surface area contributed by atoms with Crippen LogP contribution in [-0.4, -0.2) is 22.7 Å². The summed E-state index contributed by atoms with van der Waals surface area (Å²) >= 11 is 1.03. The summed E-state index contributed by atoms with van der Waals surface area (Å²) in [7, 11) is 0. The molecule has 1 aliphatic heterocycles. The molecule has 0 bridgehead atoms. The van der Waals surface area contributed by atoms with Crippen LogP contribution in [0.3, 0.4) is 0 Å². The molecule has 1 aromatic carbocycles. The third kappa shape index (κ3) is 3.98. The Kier molecular flexibility index (Phi) is 4.75. The molecule has 0 amide bonds. The summed E-state index contributed by atoms with van der Waals surface area (Å²) in [6, 6.07) is 5.47. The van der Waals surface area contributed by atoms with Crippen molar-refractivity contribution in [1.29, 1.82) is 0 Å². The maximum Gasteiger partial charge on any atom is 0.301 e. The van der Waals surface area contributed by atoms with Gasteiger partial charge in [0, 0.05) is 12.2 Å².